The van der Waals surface area contributed by atoms with Gasteiger partial charge in [0, 0.05) is 6.08 Å². The minimum atomic E-state index is -0.367. The molecule has 0 aliphatic heterocycles. The molecule has 0 aliphatic rings. The second-order valence-corrected chi connectivity index (χ2v) is 7.02. The van der Waals surface area contributed by atoms with Crippen LogP contribution in [0.25, 0.3) is 17.2 Å². The predicted octanol–water partition coefficient (Wildman–Crippen LogP) is 5.61. The Morgan fingerprint density at radius 1 is 0.767 bits per heavy atom. The van der Waals surface area contributed by atoms with Gasteiger partial charge in [0.05, 0.1) is 7.11 Å². The van der Waals surface area contributed by atoms with Gasteiger partial charge in [-0.25, -0.2) is 4.79 Å². The SMILES string of the molecule is COC(=O)/C=C/c1ccc(-c2ccc(OCCOc3cc(C)cc(C)c3)cc2)cc1. The molecule has 3 aromatic rings. The Morgan fingerprint density at radius 3 is 1.87 bits per heavy atom. The summed E-state index contributed by atoms with van der Waals surface area (Å²) in [6.07, 6.45) is 3.14. The maximum Gasteiger partial charge on any atom is 0.330 e. The lowest BCUT2D eigenvalue weighted by molar-refractivity contribution is -0.134. The van der Waals surface area contributed by atoms with Crippen LogP contribution in [0.2, 0.25) is 0 Å². The maximum absolute atomic E-state index is 11.2. The molecule has 4 nitrogen and oxygen atoms in total. The molecule has 3 rings (SSSR count). The highest BCUT2D eigenvalue weighted by molar-refractivity contribution is 5.87. The van der Waals surface area contributed by atoms with Gasteiger partial charge in [-0.15, -0.1) is 0 Å². The number of hydrogen-bond donors (Lipinski definition) is 0. The van der Waals surface area contributed by atoms with Crippen LogP contribution in [-0.2, 0) is 9.53 Å². The van der Waals surface area contributed by atoms with Crippen molar-refractivity contribution in [1.82, 2.24) is 0 Å². The summed E-state index contributed by atoms with van der Waals surface area (Å²) in [4.78, 5) is 11.2. The highest BCUT2D eigenvalue weighted by Crippen LogP contribution is 2.23. The smallest absolute Gasteiger partial charge is 0.330 e. The molecule has 4 heteroatoms. The van der Waals surface area contributed by atoms with Crippen molar-refractivity contribution in [3.8, 4) is 22.6 Å². The van der Waals surface area contributed by atoms with Crippen LogP contribution >= 0.6 is 0 Å². The molecule has 0 N–H and O–H groups in total. The lowest BCUT2D eigenvalue weighted by Crippen LogP contribution is -2.09. The summed E-state index contributed by atoms with van der Waals surface area (Å²) in [5, 5.41) is 0. The van der Waals surface area contributed by atoms with Crippen LogP contribution in [0.15, 0.2) is 72.8 Å². The quantitative estimate of drug-likeness (QED) is 0.279. The Bertz CT molecular complexity index is 982. The molecular weight excluding hydrogens is 376 g/mol. The standard InChI is InChI=1S/C26H26O4/c1-19-16-20(2)18-25(17-19)30-15-14-29-24-11-9-23(10-12-24)22-7-4-21(5-8-22)6-13-26(27)28-3/h4-13,16-18H,14-15H2,1-3H3/b13-6+. The molecule has 0 spiro atoms. The molecule has 30 heavy (non-hydrogen) atoms. The number of esters is 1. The van der Waals surface area contributed by atoms with E-state index >= 15 is 0 Å². The summed E-state index contributed by atoms with van der Waals surface area (Å²) in [6, 6.07) is 22.1. The number of hydrogen-bond acceptors (Lipinski definition) is 4. The molecule has 0 aromatic heterocycles. The van der Waals surface area contributed by atoms with E-state index in [4.69, 9.17) is 9.47 Å². The van der Waals surface area contributed by atoms with Crippen LogP contribution < -0.4 is 9.47 Å². The van der Waals surface area contributed by atoms with E-state index in [9.17, 15) is 4.79 Å². The third-order valence-electron chi connectivity index (χ3n) is 4.53. The monoisotopic (exact) mass is 402 g/mol. The van der Waals surface area contributed by atoms with Gasteiger partial charge in [0.1, 0.15) is 24.7 Å². The maximum atomic E-state index is 11.2. The van der Waals surface area contributed by atoms with E-state index in [1.165, 1.54) is 24.3 Å². The van der Waals surface area contributed by atoms with Crippen molar-refractivity contribution in [3.05, 3.63) is 89.5 Å². The first kappa shape index (κ1) is 21.2. The fourth-order valence-electron chi connectivity index (χ4n) is 3.10. The number of methoxy groups -OCH3 is 1. The minimum absolute atomic E-state index is 0.367. The number of rotatable bonds is 8. The molecule has 0 radical (unpaired) electrons. The second-order valence-electron chi connectivity index (χ2n) is 7.02. The summed E-state index contributed by atoms with van der Waals surface area (Å²) in [6.45, 7) is 5.09. The molecule has 3 aromatic carbocycles. The van der Waals surface area contributed by atoms with Crippen molar-refractivity contribution in [2.24, 2.45) is 0 Å². The Labute approximate surface area is 177 Å². The van der Waals surface area contributed by atoms with E-state index in [0.29, 0.717) is 13.2 Å². The number of carbonyl (C=O) groups is 1. The lowest BCUT2D eigenvalue weighted by atomic mass is 10.0. The van der Waals surface area contributed by atoms with E-state index in [1.807, 2.05) is 60.7 Å². The highest BCUT2D eigenvalue weighted by atomic mass is 16.5. The average Bonchev–Trinajstić information content (AvgIpc) is 2.75. The number of carbonyl (C=O) groups excluding carboxylic acids is 1. The summed E-state index contributed by atoms with van der Waals surface area (Å²) >= 11 is 0. The Kier molecular flexibility index (Phi) is 7.28. The van der Waals surface area contributed by atoms with Gasteiger partial charge in [0.15, 0.2) is 0 Å². The van der Waals surface area contributed by atoms with Gasteiger partial charge in [-0.1, -0.05) is 42.5 Å². The Hall–Kier alpha value is -3.53. The van der Waals surface area contributed by atoms with E-state index in [2.05, 4.69) is 24.7 Å². The second kappa shape index (κ2) is 10.3. The summed E-state index contributed by atoms with van der Waals surface area (Å²) in [7, 11) is 1.36. The van der Waals surface area contributed by atoms with Gasteiger partial charge < -0.3 is 14.2 Å². The van der Waals surface area contributed by atoms with Crippen LogP contribution in [0.1, 0.15) is 16.7 Å². The topological polar surface area (TPSA) is 44.8 Å². The minimum Gasteiger partial charge on any atom is -0.490 e. The van der Waals surface area contributed by atoms with E-state index in [-0.39, 0.29) is 5.97 Å². The largest absolute Gasteiger partial charge is 0.490 e. The Balaban J connectivity index is 1.51. The third-order valence-corrected chi connectivity index (χ3v) is 4.53. The van der Waals surface area contributed by atoms with Crippen molar-refractivity contribution < 1.29 is 19.0 Å². The summed E-state index contributed by atoms with van der Waals surface area (Å²) < 4.78 is 16.2. The van der Waals surface area contributed by atoms with Crippen molar-refractivity contribution in [1.29, 1.82) is 0 Å². The Morgan fingerprint density at radius 2 is 1.30 bits per heavy atom. The molecule has 0 bridgehead atoms. The van der Waals surface area contributed by atoms with Crippen LogP contribution in [0.4, 0.5) is 0 Å². The molecule has 0 atom stereocenters. The van der Waals surface area contributed by atoms with E-state index in [0.717, 1.165) is 28.2 Å². The van der Waals surface area contributed by atoms with Crippen LogP contribution in [0, 0.1) is 13.8 Å². The number of ether oxygens (including phenoxy) is 3. The molecule has 0 heterocycles. The van der Waals surface area contributed by atoms with Crippen molar-refractivity contribution in [2.45, 2.75) is 13.8 Å². The van der Waals surface area contributed by atoms with Gasteiger partial charge in [-0.3, -0.25) is 0 Å². The van der Waals surface area contributed by atoms with E-state index < -0.39 is 0 Å². The van der Waals surface area contributed by atoms with Crippen LogP contribution in [-0.4, -0.2) is 26.3 Å². The van der Waals surface area contributed by atoms with Crippen molar-refractivity contribution in [3.63, 3.8) is 0 Å². The highest BCUT2D eigenvalue weighted by Gasteiger charge is 2.01. The third kappa shape index (κ3) is 6.24. The van der Waals surface area contributed by atoms with Crippen LogP contribution in [0.5, 0.6) is 11.5 Å². The predicted molar refractivity (Wildman–Crippen MR) is 120 cm³/mol. The van der Waals surface area contributed by atoms with Gasteiger partial charge in [0.25, 0.3) is 0 Å². The van der Waals surface area contributed by atoms with Crippen molar-refractivity contribution >= 4 is 12.0 Å². The summed E-state index contributed by atoms with van der Waals surface area (Å²) in [5.74, 6) is 1.31. The molecule has 0 amide bonds. The van der Waals surface area contributed by atoms with Gasteiger partial charge >= 0.3 is 5.97 Å². The number of aryl methyl sites for hydroxylation is 2. The van der Waals surface area contributed by atoms with E-state index in [1.54, 1.807) is 6.08 Å². The lowest BCUT2D eigenvalue weighted by Gasteiger charge is -2.10. The molecule has 0 saturated carbocycles. The fourth-order valence-corrected chi connectivity index (χ4v) is 3.10. The van der Waals surface area contributed by atoms with Gasteiger partial charge in [-0.2, -0.15) is 0 Å². The van der Waals surface area contributed by atoms with Gasteiger partial charge in [-0.05, 0) is 72.0 Å². The fraction of sp³-hybridized carbons (Fsp3) is 0.192. The first-order valence-electron chi connectivity index (χ1n) is 9.84. The zero-order valence-corrected chi connectivity index (χ0v) is 17.6. The van der Waals surface area contributed by atoms with Crippen molar-refractivity contribution in [2.75, 3.05) is 20.3 Å². The normalized spacial score (nSPS) is 10.8. The number of benzene rings is 3. The molecule has 0 unspecified atom stereocenters. The zero-order chi connectivity index (χ0) is 21.3. The van der Waals surface area contributed by atoms with Crippen LogP contribution in [0.3, 0.4) is 0 Å². The molecule has 0 aliphatic carbocycles. The molecule has 0 fully saturated rings. The van der Waals surface area contributed by atoms with Gasteiger partial charge in [0.2, 0.25) is 0 Å². The summed E-state index contributed by atoms with van der Waals surface area (Å²) in [5.41, 5.74) is 5.50. The first-order valence-corrected chi connectivity index (χ1v) is 9.84. The average molecular weight is 402 g/mol. The zero-order valence-electron chi connectivity index (χ0n) is 17.6. The first-order chi connectivity index (χ1) is 14.5. The molecule has 154 valence electrons. The molecule has 0 saturated heterocycles. The molecular formula is C26H26O4.